The molecule has 5 heteroatoms. The van der Waals surface area contributed by atoms with E-state index >= 15 is 0 Å². The monoisotopic (exact) mass is 283 g/mol. The summed E-state index contributed by atoms with van der Waals surface area (Å²) in [6.45, 7) is 7.70. The van der Waals surface area contributed by atoms with Crippen molar-refractivity contribution in [3.8, 4) is 0 Å². The standard InChI is InChI=1S/C14H22ClN3O/c1-5-10(3)9-18(4)14(19)11-7-13(16-6-2)17-8-12(11)15/h7-8,10H,5-6,9H2,1-4H3,(H,16,17). The molecule has 1 unspecified atom stereocenters. The van der Waals surface area contributed by atoms with Crippen LogP contribution in [0.1, 0.15) is 37.6 Å². The van der Waals surface area contributed by atoms with E-state index in [1.807, 2.05) is 6.92 Å². The lowest BCUT2D eigenvalue weighted by Gasteiger charge is -2.21. The van der Waals surface area contributed by atoms with Gasteiger partial charge in [0.15, 0.2) is 0 Å². The Labute approximate surface area is 120 Å². The first kappa shape index (κ1) is 15.8. The van der Waals surface area contributed by atoms with E-state index < -0.39 is 0 Å². The first-order valence-corrected chi connectivity index (χ1v) is 7.02. The number of carbonyl (C=O) groups excluding carboxylic acids is 1. The van der Waals surface area contributed by atoms with Gasteiger partial charge in [-0.05, 0) is 18.9 Å². The summed E-state index contributed by atoms with van der Waals surface area (Å²) < 4.78 is 0. The highest BCUT2D eigenvalue weighted by molar-refractivity contribution is 6.33. The summed E-state index contributed by atoms with van der Waals surface area (Å²) in [4.78, 5) is 18.2. The molecular formula is C14H22ClN3O. The molecule has 0 saturated heterocycles. The molecule has 0 bridgehead atoms. The van der Waals surface area contributed by atoms with Crippen LogP contribution in [0.5, 0.6) is 0 Å². The smallest absolute Gasteiger partial charge is 0.255 e. The van der Waals surface area contributed by atoms with Crippen molar-refractivity contribution in [2.45, 2.75) is 27.2 Å². The Morgan fingerprint density at radius 3 is 2.79 bits per heavy atom. The van der Waals surface area contributed by atoms with Gasteiger partial charge in [-0.25, -0.2) is 4.98 Å². The largest absolute Gasteiger partial charge is 0.370 e. The van der Waals surface area contributed by atoms with Crippen LogP contribution in [-0.4, -0.2) is 35.9 Å². The Kier molecular flexibility index (Phi) is 6.09. The number of nitrogens with one attached hydrogen (secondary N) is 1. The zero-order valence-corrected chi connectivity index (χ0v) is 12.8. The molecule has 0 spiro atoms. The summed E-state index contributed by atoms with van der Waals surface area (Å²) in [6, 6.07) is 1.71. The van der Waals surface area contributed by atoms with Gasteiger partial charge in [-0.1, -0.05) is 31.9 Å². The molecule has 1 aromatic rings. The highest BCUT2D eigenvalue weighted by atomic mass is 35.5. The maximum atomic E-state index is 12.4. The topological polar surface area (TPSA) is 45.2 Å². The Balaban J connectivity index is 2.88. The number of rotatable bonds is 6. The fourth-order valence-corrected chi connectivity index (χ4v) is 1.95. The first-order chi connectivity index (χ1) is 8.99. The molecule has 0 saturated carbocycles. The normalized spacial score (nSPS) is 12.1. The minimum atomic E-state index is -0.0631. The second-order valence-electron chi connectivity index (χ2n) is 4.78. The number of anilines is 1. The van der Waals surface area contributed by atoms with Gasteiger partial charge in [0.2, 0.25) is 0 Å². The lowest BCUT2D eigenvalue weighted by atomic mass is 10.1. The summed E-state index contributed by atoms with van der Waals surface area (Å²) in [5, 5.41) is 3.47. The van der Waals surface area contributed by atoms with Gasteiger partial charge < -0.3 is 10.2 Å². The van der Waals surface area contributed by atoms with Crippen molar-refractivity contribution >= 4 is 23.3 Å². The number of nitrogens with zero attached hydrogens (tertiary/aromatic N) is 2. The van der Waals surface area contributed by atoms with Crippen LogP contribution >= 0.6 is 11.6 Å². The van der Waals surface area contributed by atoms with Crippen LogP contribution in [0.4, 0.5) is 5.82 Å². The maximum Gasteiger partial charge on any atom is 0.255 e. The molecular weight excluding hydrogens is 262 g/mol. The average molecular weight is 284 g/mol. The van der Waals surface area contributed by atoms with E-state index in [2.05, 4.69) is 24.1 Å². The van der Waals surface area contributed by atoms with Gasteiger partial charge in [0, 0.05) is 26.3 Å². The second kappa shape index (κ2) is 7.34. The Bertz CT molecular complexity index is 437. The van der Waals surface area contributed by atoms with Crippen molar-refractivity contribution in [1.82, 2.24) is 9.88 Å². The van der Waals surface area contributed by atoms with E-state index in [0.29, 0.717) is 22.3 Å². The van der Waals surface area contributed by atoms with Gasteiger partial charge in [-0.15, -0.1) is 0 Å². The number of halogens is 1. The summed E-state index contributed by atoms with van der Waals surface area (Å²) in [7, 11) is 1.80. The molecule has 0 aliphatic carbocycles. The highest BCUT2D eigenvalue weighted by Crippen LogP contribution is 2.20. The van der Waals surface area contributed by atoms with Crippen molar-refractivity contribution in [2.75, 3.05) is 25.5 Å². The van der Waals surface area contributed by atoms with Crippen molar-refractivity contribution < 1.29 is 4.79 Å². The third kappa shape index (κ3) is 4.39. The summed E-state index contributed by atoms with van der Waals surface area (Å²) in [6.07, 6.45) is 2.56. The SMILES string of the molecule is CCNc1cc(C(=O)N(C)CC(C)CC)c(Cl)cn1. The molecule has 1 atom stereocenters. The first-order valence-electron chi connectivity index (χ1n) is 6.64. The highest BCUT2D eigenvalue weighted by Gasteiger charge is 2.17. The minimum absolute atomic E-state index is 0.0631. The summed E-state index contributed by atoms with van der Waals surface area (Å²) in [5.41, 5.74) is 0.499. The molecule has 1 amide bonds. The van der Waals surface area contributed by atoms with Crippen molar-refractivity contribution in [1.29, 1.82) is 0 Å². The number of amides is 1. The van der Waals surface area contributed by atoms with Gasteiger partial charge in [0.1, 0.15) is 5.82 Å². The maximum absolute atomic E-state index is 12.4. The molecule has 1 N–H and O–H groups in total. The van der Waals surface area contributed by atoms with Gasteiger partial charge in [-0.2, -0.15) is 0 Å². The lowest BCUT2D eigenvalue weighted by Crippen LogP contribution is -2.31. The Hall–Kier alpha value is -1.29. The molecule has 0 aliphatic rings. The van der Waals surface area contributed by atoms with Crippen LogP contribution in [0.2, 0.25) is 5.02 Å². The lowest BCUT2D eigenvalue weighted by molar-refractivity contribution is 0.0775. The predicted octanol–water partition coefficient (Wildman–Crippen LogP) is 3.28. The van der Waals surface area contributed by atoms with E-state index in [-0.39, 0.29) is 5.91 Å². The zero-order chi connectivity index (χ0) is 14.4. The van der Waals surface area contributed by atoms with E-state index in [9.17, 15) is 4.79 Å². The van der Waals surface area contributed by atoms with Crippen LogP contribution in [0, 0.1) is 5.92 Å². The number of pyridine rings is 1. The van der Waals surface area contributed by atoms with E-state index in [1.54, 1.807) is 18.0 Å². The van der Waals surface area contributed by atoms with Crippen LogP contribution in [0.25, 0.3) is 0 Å². The van der Waals surface area contributed by atoms with Crippen molar-refractivity contribution in [3.05, 3.63) is 22.8 Å². The zero-order valence-electron chi connectivity index (χ0n) is 12.0. The number of aromatic nitrogens is 1. The Morgan fingerprint density at radius 1 is 1.53 bits per heavy atom. The van der Waals surface area contributed by atoms with Crippen molar-refractivity contribution in [2.24, 2.45) is 5.92 Å². The molecule has 0 aliphatic heterocycles. The molecule has 1 heterocycles. The third-order valence-corrected chi connectivity index (χ3v) is 3.37. The van der Waals surface area contributed by atoms with Gasteiger partial charge >= 0.3 is 0 Å². The Morgan fingerprint density at radius 2 is 2.21 bits per heavy atom. The number of carbonyl (C=O) groups is 1. The van der Waals surface area contributed by atoms with E-state index in [1.165, 1.54) is 6.20 Å². The predicted molar refractivity (Wildman–Crippen MR) is 79.8 cm³/mol. The fraction of sp³-hybridized carbons (Fsp3) is 0.571. The molecule has 106 valence electrons. The molecule has 1 rings (SSSR count). The number of hydrogen-bond donors (Lipinski definition) is 1. The average Bonchev–Trinajstić information content (AvgIpc) is 2.40. The minimum Gasteiger partial charge on any atom is -0.370 e. The molecule has 0 fully saturated rings. The fourth-order valence-electron chi connectivity index (χ4n) is 1.77. The van der Waals surface area contributed by atoms with Crippen molar-refractivity contribution in [3.63, 3.8) is 0 Å². The molecule has 1 aromatic heterocycles. The molecule has 0 radical (unpaired) electrons. The quantitative estimate of drug-likeness (QED) is 0.871. The molecule has 19 heavy (non-hydrogen) atoms. The third-order valence-electron chi connectivity index (χ3n) is 3.07. The van der Waals surface area contributed by atoms with Crippen LogP contribution in [-0.2, 0) is 0 Å². The van der Waals surface area contributed by atoms with Gasteiger partial charge in [0.25, 0.3) is 5.91 Å². The summed E-state index contributed by atoms with van der Waals surface area (Å²) >= 11 is 6.07. The van der Waals surface area contributed by atoms with Crippen LogP contribution in [0.3, 0.4) is 0 Å². The molecule has 4 nitrogen and oxygen atoms in total. The van der Waals surface area contributed by atoms with Crippen LogP contribution < -0.4 is 5.32 Å². The molecule has 0 aromatic carbocycles. The summed E-state index contributed by atoms with van der Waals surface area (Å²) in [5.74, 6) is 1.09. The van der Waals surface area contributed by atoms with E-state index in [4.69, 9.17) is 11.6 Å². The second-order valence-corrected chi connectivity index (χ2v) is 5.19. The van der Waals surface area contributed by atoms with Gasteiger partial charge in [-0.3, -0.25) is 4.79 Å². The van der Waals surface area contributed by atoms with Gasteiger partial charge in [0.05, 0.1) is 10.6 Å². The number of hydrogen-bond acceptors (Lipinski definition) is 3. The van der Waals surface area contributed by atoms with E-state index in [0.717, 1.165) is 19.5 Å². The van der Waals surface area contributed by atoms with Crippen LogP contribution in [0.15, 0.2) is 12.3 Å².